The molecule has 0 saturated heterocycles. The molecular weight excluding hydrogens is 280 g/mol. The highest BCUT2D eigenvalue weighted by atomic mass is 14.8. The van der Waals surface area contributed by atoms with Crippen LogP contribution in [-0.2, 0) is 13.0 Å². The Morgan fingerprint density at radius 3 is 2.48 bits per heavy atom. The molecular formula is C21H20N2. The van der Waals surface area contributed by atoms with Crippen molar-refractivity contribution in [3.8, 4) is 0 Å². The molecule has 4 rings (SSSR count). The number of hydrogen-bond donors (Lipinski definition) is 2. The number of para-hydroxylation sites is 1. The number of hydrogen-bond acceptors (Lipinski definition) is 1. The average Bonchev–Trinajstić information content (AvgIpc) is 3.02. The van der Waals surface area contributed by atoms with Gasteiger partial charge in [-0.1, -0.05) is 60.7 Å². The second-order valence-electron chi connectivity index (χ2n) is 5.92. The maximum Gasteiger partial charge on any atom is 0.0456 e. The topological polar surface area (TPSA) is 27.8 Å². The summed E-state index contributed by atoms with van der Waals surface area (Å²) in [6.07, 6.45) is 3.17. The number of rotatable bonds is 5. The Labute approximate surface area is 136 Å². The van der Waals surface area contributed by atoms with E-state index in [0.717, 1.165) is 19.5 Å². The Morgan fingerprint density at radius 2 is 1.52 bits per heavy atom. The summed E-state index contributed by atoms with van der Waals surface area (Å²) in [5.41, 5.74) is 3.96. The minimum Gasteiger partial charge on any atom is -0.361 e. The van der Waals surface area contributed by atoms with Crippen molar-refractivity contribution >= 4 is 21.7 Å². The second kappa shape index (κ2) is 6.27. The fourth-order valence-corrected chi connectivity index (χ4v) is 3.23. The van der Waals surface area contributed by atoms with Crippen LogP contribution in [-0.4, -0.2) is 11.5 Å². The van der Waals surface area contributed by atoms with Crippen LogP contribution in [0.15, 0.2) is 72.9 Å². The van der Waals surface area contributed by atoms with Crippen LogP contribution in [0.5, 0.6) is 0 Å². The summed E-state index contributed by atoms with van der Waals surface area (Å²) < 4.78 is 0. The number of fused-ring (bicyclic) bond motifs is 2. The third-order valence-corrected chi connectivity index (χ3v) is 4.44. The molecule has 0 bridgehead atoms. The Hall–Kier alpha value is -2.58. The van der Waals surface area contributed by atoms with Crippen molar-refractivity contribution in [3.63, 3.8) is 0 Å². The molecule has 0 saturated carbocycles. The van der Waals surface area contributed by atoms with E-state index in [1.807, 2.05) is 0 Å². The lowest BCUT2D eigenvalue weighted by Gasteiger charge is -2.08. The Balaban J connectivity index is 1.42. The van der Waals surface area contributed by atoms with Crippen molar-refractivity contribution < 1.29 is 0 Å². The fourth-order valence-electron chi connectivity index (χ4n) is 3.23. The predicted molar refractivity (Wildman–Crippen MR) is 97.7 cm³/mol. The summed E-state index contributed by atoms with van der Waals surface area (Å²) in [5.74, 6) is 0. The number of H-pyrrole nitrogens is 1. The summed E-state index contributed by atoms with van der Waals surface area (Å²) in [6, 6.07) is 23.6. The van der Waals surface area contributed by atoms with Crippen LogP contribution >= 0.6 is 0 Å². The van der Waals surface area contributed by atoms with E-state index < -0.39 is 0 Å². The van der Waals surface area contributed by atoms with Gasteiger partial charge in [0.05, 0.1) is 0 Å². The molecule has 0 amide bonds. The van der Waals surface area contributed by atoms with Crippen LogP contribution in [0.4, 0.5) is 0 Å². The molecule has 0 radical (unpaired) electrons. The first kappa shape index (κ1) is 14.0. The average molecular weight is 300 g/mol. The van der Waals surface area contributed by atoms with Gasteiger partial charge >= 0.3 is 0 Å². The largest absolute Gasteiger partial charge is 0.361 e. The first-order chi connectivity index (χ1) is 11.4. The molecule has 0 aliphatic carbocycles. The summed E-state index contributed by atoms with van der Waals surface area (Å²) in [7, 11) is 0. The monoisotopic (exact) mass is 300 g/mol. The van der Waals surface area contributed by atoms with Crippen LogP contribution < -0.4 is 5.32 Å². The van der Waals surface area contributed by atoms with Crippen LogP contribution in [0.2, 0.25) is 0 Å². The molecule has 0 spiro atoms. The number of aromatic nitrogens is 1. The molecule has 2 nitrogen and oxygen atoms in total. The van der Waals surface area contributed by atoms with Gasteiger partial charge in [0, 0.05) is 23.6 Å². The molecule has 0 unspecified atom stereocenters. The van der Waals surface area contributed by atoms with E-state index in [1.165, 1.54) is 32.8 Å². The molecule has 0 atom stereocenters. The van der Waals surface area contributed by atoms with Gasteiger partial charge in [-0.25, -0.2) is 0 Å². The van der Waals surface area contributed by atoms with Gasteiger partial charge in [-0.2, -0.15) is 0 Å². The number of nitrogens with one attached hydrogen (secondary N) is 2. The maximum absolute atomic E-state index is 3.58. The zero-order chi connectivity index (χ0) is 15.5. The summed E-state index contributed by atoms with van der Waals surface area (Å²) >= 11 is 0. The van der Waals surface area contributed by atoms with Gasteiger partial charge < -0.3 is 10.3 Å². The van der Waals surface area contributed by atoms with E-state index >= 15 is 0 Å². The number of benzene rings is 3. The summed E-state index contributed by atoms with van der Waals surface area (Å²) in [6.45, 7) is 1.88. The van der Waals surface area contributed by atoms with Gasteiger partial charge in [0.2, 0.25) is 0 Å². The van der Waals surface area contributed by atoms with E-state index in [9.17, 15) is 0 Å². The lowest BCUT2D eigenvalue weighted by molar-refractivity contribution is 0.691. The molecule has 2 N–H and O–H groups in total. The highest BCUT2D eigenvalue weighted by molar-refractivity contribution is 5.85. The third kappa shape index (κ3) is 2.86. The molecule has 2 heteroatoms. The van der Waals surface area contributed by atoms with E-state index in [4.69, 9.17) is 0 Å². The lowest BCUT2D eigenvalue weighted by Crippen LogP contribution is -2.16. The van der Waals surface area contributed by atoms with Crippen molar-refractivity contribution in [2.75, 3.05) is 6.54 Å². The van der Waals surface area contributed by atoms with Crippen molar-refractivity contribution in [1.29, 1.82) is 0 Å². The Bertz CT molecular complexity index is 931. The first-order valence-electron chi connectivity index (χ1n) is 8.14. The van der Waals surface area contributed by atoms with Gasteiger partial charge in [-0.3, -0.25) is 0 Å². The molecule has 0 aliphatic heterocycles. The van der Waals surface area contributed by atoms with Crippen LogP contribution in [0.25, 0.3) is 21.7 Å². The minimum absolute atomic E-state index is 0.906. The molecule has 1 aromatic heterocycles. The highest BCUT2D eigenvalue weighted by Gasteiger charge is 2.03. The van der Waals surface area contributed by atoms with Gasteiger partial charge in [0.15, 0.2) is 0 Å². The third-order valence-electron chi connectivity index (χ3n) is 4.44. The van der Waals surface area contributed by atoms with E-state index in [1.54, 1.807) is 0 Å². The minimum atomic E-state index is 0.906. The zero-order valence-electron chi connectivity index (χ0n) is 13.0. The smallest absolute Gasteiger partial charge is 0.0456 e. The van der Waals surface area contributed by atoms with Gasteiger partial charge in [0.25, 0.3) is 0 Å². The molecule has 114 valence electrons. The van der Waals surface area contributed by atoms with Crippen molar-refractivity contribution in [2.24, 2.45) is 0 Å². The van der Waals surface area contributed by atoms with Crippen molar-refractivity contribution in [2.45, 2.75) is 13.0 Å². The summed E-state index contributed by atoms with van der Waals surface area (Å²) in [4.78, 5) is 3.34. The maximum atomic E-state index is 3.58. The van der Waals surface area contributed by atoms with Gasteiger partial charge in [-0.15, -0.1) is 0 Å². The standard InChI is InChI=1S/C21H20N2/c1-2-9-19-16(6-1)7-5-8-17(19)14-22-13-12-18-15-23-21-11-4-3-10-20(18)21/h1-11,15,22-23H,12-14H2. The van der Waals surface area contributed by atoms with Crippen LogP contribution in [0.3, 0.4) is 0 Å². The molecule has 1 heterocycles. The summed E-state index contributed by atoms with van der Waals surface area (Å²) in [5, 5.41) is 7.57. The predicted octanol–water partition coefficient (Wildman–Crippen LogP) is 4.65. The zero-order valence-corrected chi connectivity index (χ0v) is 13.0. The number of aromatic amines is 1. The van der Waals surface area contributed by atoms with Gasteiger partial charge in [0.1, 0.15) is 0 Å². The SMILES string of the molecule is c1ccc2c(CNCCc3c[nH]c4ccccc34)cccc2c1. The van der Waals surface area contributed by atoms with Crippen molar-refractivity contribution in [1.82, 2.24) is 10.3 Å². The Kier molecular flexibility index (Phi) is 3.83. The second-order valence-corrected chi connectivity index (χ2v) is 5.92. The van der Waals surface area contributed by atoms with Gasteiger partial charge in [-0.05, 0) is 40.9 Å². The fraction of sp³-hybridized carbons (Fsp3) is 0.143. The molecule has 0 fully saturated rings. The molecule has 0 aliphatic rings. The quantitative estimate of drug-likeness (QED) is 0.516. The van der Waals surface area contributed by atoms with E-state index in [-0.39, 0.29) is 0 Å². The first-order valence-corrected chi connectivity index (χ1v) is 8.14. The highest BCUT2D eigenvalue weighted by Crippen LogP contribution is 2.19. The molecule has 23 heavy (non-hydrogen) atoms. The van der Waals surface area contributed by atoms with Crippen molar-refractivity contribution in [3.05, 3.63) is 84.1 Å². The normalized spacial score (nSPS) is 11.3. The van der Waals surface area contributed by atoms with Crippen LogP contribution in [0.1, 0.15) is 11.1 Å². The Morgan fingerprint density at radius 1 is 0.739 bits per heavy atom. The lowest BCUT2D eigenvalue weighted by atomic mass is 10.0. The molecule has 3 aromatic carbocycles. The van der Waals surface area contributed by atoms with E-state index in [2.05, 4.69) is 83.2 Å². The molecule has 4 aromatic rings. The van der Waals surface area contributed by atoms with E-state index in [0.29, 0.717) is 0 Å². The van der Waals surface area contributed by atoms with Crippen LogP contribution in [0, 0.1) is 0 Å².